The van der Waals surface area contributed by atoms with Crippen LogP contribution in [0.15, 0.2) is 146 Å². The molecule has 3 heterocycles. The van der Waals surface area contributed by atoms with Gasteiger partial charge in [0.05, 0.1) is 5.69 Å². The van der Waals surface area contributed by atoms with Gasteiger partial charge < -0.3 is 4.74 Å². The van der Waals surface area contributed by atoms with Crippen LogP contribution in [0.25, 0.3) is 22.5 Å². The topological polar surface area (TPSA) is 86.0 Å². The molecule has 0 radical (unpaired) electrons. The lowest BCUT2D eigenvalue weighted by molar-refractivity contribution is -0.170. The normalized spacial score (nSPS) is 13.0. The molecular weight excluding hydrogens is 714 g/mol. The van der Waals surface area contributed by atoms with Crippen molar-refractivity contribution in [3.8, 4) is 28.3 Å². The first-order chi connectivity index (χ1) is 27.3. The molecule has 0 saturated heterocycles. The Morgan fingerprint density at radius 1 is 0.750 bits per heavy atom. The Morgan fingerprint density at radius 2 is 1.34 bits per heavy atom. The molecule has 5 aromatic carbocycles. The predicted octanol–water partition coefficient (Wildman–Crippen LogP) is 9.23. The molecule has 1 amide bonds. The lowest BCUT2D eigenvalue weighted by Crippen LogP contribution is -2.44. The molecule has 8 nitrogen and oxygen atoms in total. The molecule has 0 unspecified atom stereocenters. The van der Waals surface area contributed by atoms with E-state index >= 15 is 0 Å². The van der Waals surface area contributed by atoms with Crippen LogP contribution >= 0.6 is 0 Å². The molecule has 0 fully saturated rings. The molecule has 56 heavy (non-hydrogen) atoms. The van der Waals surface area contributed by atoms with Crippen molar-refractivity contribution >= 4 is 11.6 Å². The Bertz CT molecular complexity index is 2360. The molecular formula is C45H37F3N6O2. The highest BCUT2D eigenvalue weighted by molar-refractivity contribution is 5.99. The minimum Gasteiger partial charge on any atom is -0.487 e. The number of pyridine rings is 1. The van der Waals surface area contributed by atoms with Gasteiger partial charge in [-0.05, 0) is 63.9 Å². The van der Waals surface area contributed by atoms with Crippen LogP contribution in [-0.2, 0) is 29.8 Å². The summed E-state index contributed by atoms with van der Waals surface area (Å²) < 4.78 is 47.5. The van der Waals surface area contributed by atoms with E-state index in [0.29, 0.717) is 47.6 Å². The van der Waals surface area contributed by atoms with Gasteiger partial charge in [0.2, 0.25) is 5.82 Å². The number of benzene rings is 5. The Kier molecular flexibility index (Phi) is 9.90. The number of carbonyl (C=O) groups excluding carboxylic acids is 1. The third-order valence-corrected chi connectivity index (χ3v) is 10.1. The Morgan fingerprint density at radius 3 is 1.91 bits per heavy atom. The number of carbonyl (C=O) groups is 1. The molecule has 8 rings (SSSR count). The highest BCUT2D eigenvalue weighted by Gasteiger charge is 2.45. The standard InChI is InChI=1S/C45H37F3N6O2/c1-2-36-29-40(41-39(49-36)24-15-27-53(41)43(55)45(46,47)48)56-30-31-25-26-37(32-16-7-3-8-17-32)38(28-31)42-50-52-54(51-42)44(33-18-9-4-10-19-33,34-20-11-5-12-21-34)35-22-13-6-14-23-35/h3-14,16-23,25-26,28-29H,2,15,24,27,30H2,1H3. The molecule has 1 aliphatic heterocycles. The quantitative estimate of drug-likeness (QED) is 0.130. The second-order valence-corrected chi connectivity index (χ2v) is 13.6. The van der Waals surface area contributed by atoms with E-state index in [-0.39, 0.29) is 24.6 Å². The van der Waals surface area contributed by atoms with Gasteiger partial charge in [0.15, 0.2) is 5.54 Å². The number of anilines is 1. The predicted molar refractivity (Wildman–Crippen MR) is 208 cm³/mol. The summed E-state index contributed by atoms with van der Waals surface area (Å²) >= 11 is 0. The number of nitrogens with zero attached hydrogens (tertiary/aromatic N) is 6. The molecule has 0 N–H and O–H groups in total. The summed E-state index contributed by atoms with van der Waals surface area (Å²) in [5, 5.41) is 14.6. The molecule has 0 bridgehead atoms. The van der Waals surface area contributed by atoms with E-state index in [0.717, 1.165) is 32.7 Å². The van der Waals surface area contributed by atoms with Crippen LogP contribution in [0.3, 0.4) is 0 Å². The summed E-state index contributed by atoms with van der Waals surface area (Å²) in [6, 6.07) is 47.5. The average Bonchev–Trinajstić information content (AvgIpc) is 3.74. The maximum Gasteiger partial charge on any atom is 0.471 e. The second-order valence-electron chi connectivity index (χ2n) is 13.6. The summed E-state index contributed by atoms with van der Waals surface area (Å²) in [6.45, 7) is 1.82. The molecule has 11 heteroatoms. The molecule has 0 atom stereocenters. The van der Waals surface area contributed by atoms with Crippen molar-refractivity contribution in [2.75, 3.05) is 11.4 Å². The Labute approximate surface area is 322 Å². The van der Waals surface area contributed by atoms with Crippen molar-refractivity contribution in [3.05, 3.63) is 179 Å². The van der Waals surface area contributed by atoms with E-state index in [9.17, 15) is 18.0 Å². The third-order valence-electron chi connectivity index (χ3n) is 10.1. The van der Waals surface area contributed by atoms with Crippen molar-refractivity contribution in [1.82, 2.24) is 25.2 Å². The number of aryl methyl sites for hydroxylation is 2. The molecule has 2 aromatic heterocycles. The van der Waals surface area contributed by atoms with Crippen molar-refractivity contribution in [3.63, 3.8) is 0 Å². The SMILES string of the molecule is CCc1cc(OCc2ccc(-c3ccccc3)c(-c3nnn(C(c4ccccc4)(c4ccccc4)c4ccccc4)n3)c2)c2c(n1)CCCN2C(=O)C(F)(F)F. The van der Waals surface area contributed by atoms with Crippen LogP contribution in [0.4, 0.5) is 18.9 Å². The number of tetrazole rings is 1. The van der Waals surface area contributed by atoms with Gasteiger partial charge in [-0.3, -0.25) is 14.7 Å². The van der Waals surface area contributed by atoms with Gasteiger partial charge >= 0.3 is 12.1 Å². The minimum absolute atomic E-state index is 0.00809. The van der Waals surface area contributed by atoms with Gasteiger partial charge in [-0.1, -0.05) is 140 Å². The van der Waals surface area contributed by atoms with Gasteiger partial charge in [-0.15, -0.1) is 15.0 Å². The Hall–Kier alpha value is -6.62. The van der Waals surface area contributed by atoms with Crippen molar-refractivity contribution in [2.24, 2.45) is 0 Å². The number of aromatic nitrogens is 5. The fraction of sp³-hybridized carbons (Fsp3) is 0.178. The number of alkyl halides is 3. The molecule has 1 aliphatic rings. The monoisotopic (exact) mass is 750 g/mol. The maximum atomic E-state index is 13.7. The summed E-state index contributed by atoms with van der Waals surface area (Å²) in [4.78, 5) is 19.6. The summed E-state index contributed by atoms with van der Waals surface area (Å²) in [5.41, 5.74) is 6.18. The van der Waals surface area contributed by atoms with Gasteiger partial charge in [-0.2, -0.15) is 13.2 Å². The number of rotatable bonds is 10. The van der Waals surface area contributed by atoms with E-state index in [1.54, 1.807) is 10.9 Å². The molecule has 0 spiro atoms. The number of halogens is 3. The lowest BCUT2D eigenvalue weighted by Gasteiger charge is -2.34. The third kappa shape index (κ3) is 6.81. The van der Waals surface area contributed by atoms with E-state index in [1.165, 1.54) is 0 Å². The molecule has 0 saturated carbocycles. The van der Waals surface area contributed by atoms with Crippen LogP contribution < -0.4 is 9.64 Å². The largest absolute Gasteiger partial charge is 0.487 e. The fourth-order valence-electron chi connectivity index (χ4n) is 7.49. The van der Waals surface area contributed by atoms with Crippen molar-refractivity contribution in [2.45, 2.75) is 44.5 Å². The number of hydrogen-bond donors (Lipinski definition) is 0. The number of hydrogen-bond acceptors (Lipinski definition) is 6. The van der Waals surface area contributed by atoms with Crippen LogP contribution in [0.5, 0.6) is 5.75 Å². The zero-order valence-electron chi connectivity index (χ0n) is 30.5. The van der Waals surface area contributed by atoms with E-state index in [2.05, 4.69) is 41.4 Å². The van der Waals surface area contributed by atoms with Crippen molar-refractivity contribution < 1.29 is 22.7 Å². The number of amides is 1. The van der Waals surface area contributed by atoms with Crippen LogP contribution in [0.2, 0.25) is 0 Å². The van der Waals surface area contributed by atoms with Crippen LogP contribution in [0.1, 0.15) is 47.0 Å². The van der Waals surface area contributed by atoms with E-state index in [4.69, 9.17) is 20.1 Å². The first-order valence-corrected chi connectivity index (χ1v) is 18.5. The van der Waals surface area contributed by atoms with Crippen molar-refractivity contribution in [1.29, 1.82) is 0 Å². The zero-order chi connectivity index (χ0) is 38.7. The van der Waals surface area contributed by atoms with E-state index < -0.39 is 17.6 Å². The maximum absolute atomic E-state index is 13.7. The highest BCUT2D eigenvalue weighted by Crippen LogP contribution is 2.42. The lowest BCUT2D eigenvalue weighted by atomic mass is 9.77. The fourth-order valence-corrected chi connectivity index (χ4v) is 7.49. The second kappa shape index (κ2) is 15.3. The summed E-state index contributed by atoms with van der Waals surface area (Å²) in [6.07, 6.45) is -3.69. The smallest absolute Gasteiger partial charge is 0.471 e. The van der Waals surface area contributed by atoms with E-state index in [1.807, 2.05) is 110 Å². The first-order valence-electron chi connectivity index (χ1n) is 18.5. The highest BCUT2D eigenvalue weighted by atomic mass is 19.4. The number of fused-ring (bicyclic) bond motifs is 1. The van der Waals surface area contributed by atoms with Crippen LogP contribution in [0, 0.1) is 0 Å². The summed E-state index contributed by atoms with van der Waals surface area (Å²) in [7, 11) is 0. The summed E-state index contributed by atoms with van der Waals surface area (Å²) in [5.74, 6) is -1.38. The Balaban J connectivity index is 1.24. The first kappa shape index (κ1) is 36.4. The number of ether oxygens (including phenoxy) is 1. The average molecular weight is 751 g/mol. The molecule has 7 aromatic rings. The van der Waals surface area contributed by atoms with Gasteiger partial charge in [0.25, 0.3) is 0 Å². The van der Waals surface area contributed by atoms with Gasteiger partial charge in [-0.25, -0.2) is 0 Å². The zero-order valence-corrected chi connectivity index (χ0v) is 30.5. The minimum atomic E-state index is -5.04. The van der Waals surface area contributed by atoms with Gasteiger partial charge in [0.1, 0.15) is 18.0 Å². The van der Waals surface area contributed by atoms with Crippen LogP contribution in [-0.4, -0.2) is 43.8 Å². The van der Waals surface area contributed by atoms with Gasteiger partial charge in [0, 0.05) is 23.9 Å². The molecule has 0 aliphatic carbocycles. The molecule has 280 valence electrons.